The van der Waals surface area contributed by atoms with Crippen LogP contribution in [0.3, 0.4) is 0 Å². The average molecular weight is 278 g/mol. The van der Waals surface area contributed by atoms with E-state index in [0.29, 0.717) is 13.2 Å². The van der Waals surface area contributed by atoms with Gasteiger partial charge in [-0.25, -0.2) is 0 Å². The van der Waals surface area contributed by atoms with Crippen molar-refractivity contribution in [1.29, 1.82) is 0 Å². The molecule has 108 valence electrons. The van der Waals surface area contributed by atoms with Gasteiger partial charge in [0.05, 0.1) is 13.2 Å². The Morgan fingerprint density at radius 2 is 1.44 bits per heavy atom. The van der Waals surface area contributed by atoms with Crippen molar-refractivity contribution in [3.8, 4) is 0 Å². The van der Waals surface area contributed by atoms with Gasteiger partial charge in [-0.05, 0) is 33.6 Å². The minimum absolute atomic E-state index is 0.168. The van der Waals surface area contributed by atoms with E-state index in [2.05, 4.69) is 0 Å². The van der Waals surface area contributed by atoms with Crippen molar-refractivity contribution >= 4 is 13.4 Å². The van der Waals surface area contributed by atoms with Crippen LogP contribution >= 0.6 is 7.60 Å². The van der Waals surface area contributed by atoms with Crippen molar-refractivity contribution in [3.05, 3.63) is 0 Å². The summed E-state index contributed by atoms with van der Waals surface area (Å²) in [7, 11) is -3.39. The molecule has 0 atom stereocenters. The molecule has 0 heterocycles. The van der Waals surface area contributed by atoms with Crippen LogP contribution in [0, 0.1) is 0 Å². The van der Waals surface area contributed by atoms with Crippen LogP contribution in [0.15, 0.2) is 0 Å². The number of carbonyl (C=O) groups excluding carboxylic acids is 1. The normalized spacial score (nSPS) is 12.7. The van der Waals surface area contributed by atoms with Gasteiger partial charge < -0.3 is 9.05 Å². The molecule has 0 aromatic rings. The topological polar surface area (TPSA) is 52.6 Å². The highest BCUT2D eigenvalue weighted by Gasteiger charge is 2.47. The molecule has 0 unspecified atom stereocenters. The number of ketones is 1. The number of unbranched alkanes of at least 4 members (excludes halogenated alkanes) is 2. The van der Waals surface area contributed by atoms with Crippen LogP contribution in [0.2, 0.25) is 0 Å². The molecule has 0 bridgehead atoms. The lowest BCUT2D eigenvalue weighted by Crippen LogP contribution is -2.31. The number of rotatable bonds is 10. The predicted molar refractivity (Wildman–Crippen MR) is 74.1 cm³/mol. The number of carbonyl (C=O) groups is 1. The average Bonchev–Trinajstić information content (AvgIpc) is 2.29. The highest BCUT2D eigenvalue weighted by Crippen LogP contribution is 2.60. The summed E-state index contributed by atoms with van der Waals surface area (Å²) < 4.78 is 23.7. The van der Waals surface area contributed by atoms with Gasteiger partial charge in [-0.15, -0.1) is 0 Å². The summed E-state index contributed by atoms with van der Waals surface area (Å²) in [5.41, 5.74) is 0. The van der Waals surface area contributed by atoms with Crippen LogP contribution < -0.4 is 0 Å². The third kappa shape index (κ3) is 4.83. The molecule has 5 heteroatoms. The monoisotopic (exact) mass is 278 g/mol. The second kappa shape index (κ2) is 8.08. The third-order valence-electron chi connectivity index (χ3n) is 3.06. The lowest BCUT2D eigenvalue weighted by atomic mass is 10.1. The van der Waals surface area contributed by atoms with Crippen molar-refractivity contribution in [2.75, 3.05) is 13.2 Å². The first-order valence-electron chi connectivity index (χ1n) is 6.72. The van der Waals surface area contributed by atoms with Gasteiger partial charge in [-0.3, -0.25) is 9.36 Å². The number of hydrogen-bond acceptors (Lipinski definition) is 4. The second-order valence-electron chi connectivity index (χ2n) is 4.99. The van der Waals surface area contributed by atoms with E-state index >= 15 is 0 Å². The largest absolute Gasteiger partial charge is 0.343 e. The maximum absolute atomic E-state index is 12.8. The summed E-state index contributed by atoms with van der Waals surface area (Å²) in [6.45, 7) is 9.50. The predicted octanol–water partition coefficient (Wildman–Crippen LogP) is 4.18. The van der Waals surface area contributed by atoms with Gasteiger partial charge in [0.15, 0.2) is 0 Å². The molecule has 0 fully saturated rings. The molecule has 0 aromatic carbocycles. The summed E-state index contributed by atoms with van der Waals surface area (Å²) in [6.07, 6.45) is 3.54. The van der Waals surface area contributed by atoms with Crippen LogP contribution in [0.1, 0.15) is 60.3 Å². The van der Waals surface area contributed by atoms with Crippen LogP contribution in [0.5, 0.6) is 0 Å². The quantitative estimate of drug-likeness (QED) is 0.444. The van der Waals surface area contributed by atoms with E-state index < -0.39 is 12.8 Å². The van der Waals surface area contributed by atoms with Crippen molar-refractivity contribution < 1.29 is 18.4 Å². The highest BCUT2D eigenvalue weighted by molar-refractivity contribution is 7.56. The molecule has 0 aliphatic heterocycles. The molecule has 0 aromatic heterocycles. The Labute approximate surface area is 111 Å². The van der Waals surface area contributed by atoms with Crippen molar-refractivity contribution in [3.63, 3.8) is 0 Å². The van der Waals surface area contributed by atoms with E-state index in [1.54, 1.807) is 13.8 Å². The molecule has 0 aliphatic rings. The van der Waals surface area contributed by atoms with Crippen LogP contribution in [0.4, 0.5) is 0 Å². The Morgan fingerprint density at radius 1 is 1.06 bits per heavy atom. The summed E-state index contributed by atoms with van der Waals surface area (Å²) in [4.78, 5) is 11.6. The number of Topliss-reactive ketones (excluding diaryl/α,β-unsaturated/α-hetero) is 1. The zero-order valence-corrected chi connectivity index (χ0v) is 13.2. The first kappa shape index (κ1) is 17.8. The van der Waals surface area contributed by atoms with Gasteiger partial charge in [0, 0.05) is 0 Å². The van der Waals surface area contributed by atoms with E-state index in [1.807, 2.05) is 13.8 Å². The van der Waals surface area contributed by atoms with Gasteiger partial charge in [0.1, 0.15) is 10.9 Å². The Kier molecular flexibility index (Phi) is 8.00. The molecule has 0 aliphatic carbocycles. The number of hydrogen-bond donors (Lipinski definition) is 0. The maximum Gasteiger partial charge on any atom is 0.343 e. The molecule has 0 rings (SSSR count). The summed E-state index contributed by atoms with van der Waals surface area (Å²) in [5, 5.41) is -1.07. The van der Waals surface area contributed by atoms with Crippen LogP contribution in [-0.4, -0.2) is 24.2 Å². The zero-order chi connectivity index (χ0) is 14.2. The van der Waals surface area contributed by atoms with Crippen molar-refractivity contribution in [2.45, 2.75) is 65.5 Å². The van der Waals surface area contributed by atoms with Crippen molar-refractivity contribution in [1.82, 2.24) is 0 Å². The molecule has 0 spiro atoms. The van der Waals surface area contributed by atoms with Gasteiger partial charge in [-0.2, -0.15) is 0 Å². The second-order valence-corrected chi connectivity index (χ2v) is 7.62. The molecule has 18 heavy (non-hydrogen) atoms. The third-order valence-corrected chi connectivity index (χ3v) is 5.79. The molecular formula is C13H27O4P. The molecule has 4 nitrogen and oxygen atoms in total. The minimum atomic E-state index is -3.39. The zero-order valence-electron chi connectivity index (χ0n) is 12.3. The SMILES string of the molecule is CCCCOP(=O)(OCCCC)C(C)(C)C(C)=O. The Balaban J connectivity index is 4.79. The fraction of sp³-hybridized carbons (Fsp3) is 0.923. The molecule has 0 saturated heterocycles. The molecule has 0 radical (unpaired) electrons. The van der Waals surface area contributed by atoms with Gasteiger partial charge in [0.2, 0.25) is 0 Å². The molecular weight excluding hydrogens is 251 g/mol. The minimum Gasteiger partial charge on any atom is -0.308 e. The smallest absolute Gasteiger partial charge is 0.308 e. The Bertz CT molecular complexity index is 285. The summed E-state index contributed by atoms with van der Waals surface area (Å²) in [5.74, 6) is -0.168. The Morgan fingerprint density at radius 3 is 1.72 bits per heavy atom. The van der Waals surface area contributed by atoms with E-state index in [4.69, 9.17) is 9.05 Å². The van der Waals surface area contributed by atoms with E-state index in [0.717, 1.165) is 25.7 Å². The molecule has 0 amide bonds. The lowest BCUT2D eigenvalue weighted by Gasteiger charge is -2.31. The van der Waals surface area contributed by atoms with Gasteiger partial charge >= 0.3 is 7.60 Å². The van der Waals surface area contributed by atoms with Crippen LogP contribution in [0.25, 0.3) is 0 Å². The summed E-state index contributed by atoms with van der Waals surface area (Å²) in [6, 6.07) is 0. The van der Waals surface area contributed by atoms with E-state index in [-0.39, 0.29) is 5.78 Å². The highest BCUT2D eigenvalue weighted by atomic mass is 31.2. The molecule has 0 N–H and O–H groups in total. The first-order valence-corrected chi connectivity index (χ1v) is 8.26. The standard InChI is InChI=1S/C13H27O4P/c1-6-8-10-16-18(15,17-11-9-7-2)13(4,5)12(3)14/h6-11H2,1-5H3. The van der Waals surface area contributed by atoms with Crippen molar-refractivity contribution in [2.24, 2.45) is 0 Å². The first-order chi connectivity index (χ1) is 8.31. The van der Waals surface area contributed by atoms with Gasteiger partial charge in [-0.1, -0.05) is 26.7 Å². The fourth-order valence-corrected chi connectivity index (χ4v) is 3.06. The fourth-order valence-electron chi connectivity index (χ4n) is 1.21. The van der Waals surface area contributed by atoms with Gasteiger partial charge in [0.25, 0.3) is 0 Å². The van der Waals surface area contributed by atoms with Crippen LogP contribution in [-0.2, 0) is 18.4 Å². The molecule has 0 saturated carbocycles. The van der Waals surface area contributed by atoms with E-state index in [1.165, 1.54) is 6.92 Å². The van der Waals surface area contributed by atoms with E-state index in [9.17, 15) is 9.36 Å². The summed E-state index contributed by atoms with van der Waals surface area (Å²) >= 11 is 0. The lowest BCUT2D eigenvalue weighted by molar-refractivity contribution is -0.119. The Hall–Kier alpha value is -0.180. The maximum atomic E-state index is 12.8.